The number of nitrogens with one attached hydrogen (secondary N) is 1. The maximum atomic E-state index is 13.1. The van der Waals surface area contributed by atoms with Crippen LogP contribution in [0.25, 0.3) is 0 Å². The number of hydrogen-bond donors (Lipinski definition) is 1. The molecular formula is C25H33BrN2O3. The zero-order chi connectivity index (χ0) is 23.0. The third kappa shape index (κ3) is 7.39. The number of nitrogens with zero attached hydrogens (tertiary/aromatic N) is 1. The molecule has 0 aliphatic carbocycles. The summed E-state index contributed by atoms with van der Waals surface area (Å²) in [5.41, 5.74) is 2.15. The van der Waals surface area contributed by atoms with Crippen LogP contribution in [0, 0.1) is 0 Å². The SMILES string of the molecule is CC[C@H](C)NC(=O)[C@@H](C)N(Cc1ccccc1)C(=O)COc1ccc(C(C)C)cc1Br. The average molecular weight is 489 g/mol. The Morgan fingerprint density at radius 3 is 2.32 bits per heavy atom. The number of benzene rings is 2. The molecule has 6 heteroatoms. The van der Waals surface area contributed by atoms with Crippen LogP contribution in [0.15, 0.2) is 53.0 Å². The van der Waals surface area contributed by atoms with Crippen LogP contribution >= 0.6 is 15.9 Å². The lowest BCUT2D eigenvalue weighted by atomic mass is 10.0. The molecule has 5 nitrogen and oxygen atoms in total. The van der Waals surface area contributed by atoms with Gasteiger partial charge in [-0.25, -0.2) is 0 Å². The number of carbonyl (C=O) groups excluding carboxylic acids is 2. The molecule has 1 N–H and O–H groups in total. The molecule has 0 radical (unpaired) electrons. The van der Waals surface area contributed by atoms with Gasteiger partial charge in [0.2, 0.25) is 5.91 Å². The zero-order valence-corrected chi connectivity index (χ0v) is 20.6. The first-order chi connectivity index (χ1) is 14.7. The minimum absolute atomic E-state index is 0.0512. The fraction of sp³-hybridized carbons (Fsp3) is 0.440. The maximum Gasteiger partial charge on any atom is 0.261 e. The number of rotatable bonds is 10. The van der Waals surface area contributed by atoms with E-state index in [-0.39, 0.29) is 24.5 Å². The van der Waals surface area contributed by atoms with E-state index >= 15 is 0 Å². The molecule has 168 valence electrons. The Labute approximate surface area is 194 Å². The predicted molar refractivity (Wildman–Crippen MR) is 128 cm³/mol. The summed E-state index contributed by atoms with van der Waals surface area (Å²) >= 11 is 3.53. The van der Waals surface area contributed by atoms with Crippen molar-refractivity contribution in [3.8, 4) is 5.75 Å². The van der Waals surface area contributed by atoms with Crippen LogP contribution in [0.1, 0.15) is 58.1 Å². The van der Waals surface area contributed by atoms with Crippen LogP contribution in [0.5, 0.6) is 5.75 Å². The molecule has 31 heavy (non-hydrogen) atoms. The van der Waals surface area contributed by atoms with Crippen LogP contribution in [0.2, 0.25) is 0 Å². The molecule has 0 saturated heterocycles. The molecule has 2 rings (SSSR count). The van der Waals surface area contributed by atoms with E-state index < -0.39 is 6.04 Å². The van der Waals surface area contributed by atoms with Gasteiger partial charge in [-0.1, -0.05) is 57.2 Å². The van der Waals surface area contributed by atoms with E-state index in [2.05, 4.69) is 35.1 Å². The highest BCUT2D eigenvalue weighted by molar-refractivity contribution is 9.10. The van der Waals surface area contributed by atoms with Crippen molar-refractivity contribution in [1.82, 2.24) is 10.2 Å². The van der Waals surface area contributed by atoms with Gasteiger partial charge < -0.3 is 15.0 Å². The van der Waals surface area contributed by atoms with Gasteiger partial charge in [0.05, 0.1) is 4.47 Å². The van der Waals surface area contributed by atoms with E-state index in [1.54, 1.807) is 11.8 Å². The molecule has 0 aromatic heterocycles. The summed E-state index contributed by atoms with van der Waals surface area (Å²) in [5, 5.41) is 2.97. The Balaban J connectivity index is 2.14. The fourth-order valence-electron chi connectivity index (χ4n) is 3.04. The normalized spacial score (nSPS) is 12.9. The molecule has 0 unspecified atom stereocenters. The van der Waals surface area contributed by atoms with Gasteiger partial charge in [-0.2, -0.15) is 0 Å². The summed E-state index contributed by atoms with van der Waals surface area (Å²) in [7, 11) is 0. The van der Waals surface area contributed by atoms with E-state index in [1.807, 2.05) is 62.4 Å². The van der Waals surface area contributed by atoms with Gasteiger partial charge in [-0.15, -0.1) is 0 Å². The summed E-state index contributed by atoms with van der Waals surface area (Å²) in [6, 6.07) is 15.0. The van der Waals surface area contributed by atoms with Gasteiger partial charge in [-0.05, 0) is 65.4 Å². The number of halogens is 1. The monoisotopic (exact) mass is 488 g/mol. The van der Waals surface area contributed by atoms with Crippen molar-refractivity contribution in [1.29, 1.82) is 0 Å². The molecular weight excluding hydrogens is 456 g/mol. The lowest BCUT2D eigenvalue weighted by Crippen LogP contribution is -2.50. The number of amides is 2. The van der Waals surface area contributed by atoms with E-state index in [0.717, 1.165) is 16.5 Å². The molecule has 0 heterocycles. The predicted octanol–water partition coefficient (Wildman–Crippen LogP) is 5.28. The zero-order valence-electron chi connectivity index (χ0n) is 19.0. The lowest BCUT2D eigenvalue weighted by molar-refractivity contribution is -0.142. The van der Waals surface area contributed by atoms with Crippen molar-refractivity contribution < 1.29 is 14.3 Å². The standard InChI is InChI=1S/C25H33BrN2O3/c1-6-18(4)27-25(30)19(5)28(15-20-10-8-7-9-11-20)24(29)16-31-23-13-12-21(17(2)3)14-22(23)26/h7-14,17-19H,6,15-16H2,1-5H3,(H,27,30)/t18-,19+/m0/s1. The highest BCUT2D eigenvalue weighted by Crippen LogP contribution is 2.29. The van der Waals surface area contributed by atoms with Gasteiger partial charge in [0.15, 0.2) is 6.61 Å². The van der Waals surface area contributed by atoms with E-state index in [0.29, 0.717) is 18.2 Å². The summed E-state index contributed by atoms with van der Waals surface area (Å²) < 4.78 is 6.62. The van der Waals surface area contributed by atoms with Crippen LogP contribution in [0.4, 0.5) is 0 Å². The third-order valence-corrected chi connectivity index (χ3v) is 5.96. The minimum Gasteiger partial charge on any atom is -0.483 e. The summed E-state index contributed by atoms with van der Waals surface area (Å²) in [5.74, 6) is 0.601. The second kappa shape index (κ2) is 11.9. The Hall–Kier alpha value is -2.34. The third-order valence-electron chi connectivity index (χ3n) is 5.34. The fourth-order valence-corrected chi connectivity index (χ4v) is 3.55. The molecule has 0 saturated carbocycles. The highest BCUT2D eigenvalue weighted by atomic mass is 79.9. The molecule has 2 atom stereocenters. The van der Waals surface area contributed by atoms with Crippen LogP contribution in [-0.4, -0.2) is 35.4 Å². The van der Waals surface area contributed by atoms with Crippen LogP contribution < -0.4 is 10.1 Å². The molecule has 0 spiro atoms. The molecule has 0 aliphatic heterocycles. The molecule has 2 aromatic carbocycles. The van der Waals surface area contributed by atoms with E-state index in [4.69, 9.17) is 4.74 Å². The maximum absolute atomic E-state index is 13.1. The van der Waals surface area contributed by atoms with Crippen molar-refractivity contribution in [2.24, 2.45) is 0 Å². The first-order valence-electron chi connectivity index (χ1n) is 10.8. The van der Waals surface area contributed by atoms with Gasteiger partial charge in [0.25, 0.3) is 5.91 Å². The van der Waals surface area contributed by atoms with Crippen molar-refractivity contribution in [2.75, 3.05) is 6.61 Å². The molecule has 0 bridgehead atoms. The van der Waals surface area contributed by atoms with Crippen molar-refractivity contribution >= 4 is 27.7 Å². The topological polar surface area (TPSA) is 58.6 Å². The molecule has 2 amide bonds. The van der Waals surface area contributed by atoms with E-state index in [9.17, 15) is 9.59 Å². The van der Waals surface area contributed by atoms with Crippen molar-refractivity contribution in [2.45, 2.75) is 65.6 Å². The first-order valence-corrected chi connectivity index (χ1v) is 11.6. The van der Waals surface area contributed by atoms with E-state index in [1.165, 1.54) is 5.56 Å². The van der Waals surface area contributed by atoms with Gasteiger partial charge >= 0.3 is 0 Å². The number of carbonyl (C=O) groups is 2. The summed E-state index contributed by atoms with van der Waals surface area (Å²) in [6.45, 7) is 10.2. The number of ether oxygens (including phenoxy) is 1. The Morgan fingerprint density at radius 1 is 1.06 bits per heavy atom. The van der Waals surface area contributed by atoms with Gasteiger partial charge in [0.1, 0.15) is 11.8 Å². The van der Waals surface area contributed by atoms with Crippen LogP contribution in [0.3, 0.4) is 0 Å². The second-order valence-corrected chi connectivity index (χ2v) is 8.99. The first kappa shape index (κ1) is 24.9. The van der Waals surface area contributed by atoms with Crippen LogP contribution in [-0.2, 0) is 16.1 Å². The number of hydrogen-bond acceptors (Lipinski definition) is 3. The van der Waals surface area contributed by atoms with Crippen molar-refractivity contribution in [3.63, 3.8) is 0 Å². The Kier molecular flexibility index (Phi) is 9.56. The van der Waals surface area contributed by atoms with Crippen molar-refractivity contribution in [3.05, 3.63) is 64.1 Å². The Morgan fingerprint density at radius 2 is 1.74 bits per heavy atom. The van der Waals surface area contributed by atoms with Gasteiger partial charge in [-0.3, -0.25) is 9.59 Å². The summed E-state index contributed by atoms with van der Waals surface area (Å²) in [4.78, 5) is 27.4. The largest absolute Gasteiger partial charge is 0.483 e. The molecule has 0 aliphatic rings. The lowest BCUT2D eigenvalue weighted by Gasteiger charge is -2.29. The quantitative estimate of drug-likeness (QED) is 0.494. The average Bonchev–Trinajstić information content (AvgIpc) is 2.76. The molecule has 0 fully saturated rings. The smallest absolute Gasteiger partial charge is 0.261 e. The highest BCUT2D eigenvalue weighted by Gasteiger charge is 2.27. The molecule has 2 aromatic rings. The second-order valence-electron chi connectivity index (χ2n) is 8.13. The Bertz CT molecular complexity index is 870. The minimum atomic E-state index is -0.614. The van der Waals surface area contributed by atoms with Gasteiger partial charge in [0, 0.05) is 12.6 Å². The summed E-state index contributed by atoms with van der Waals surface area (Å²) in [6.07, 6.45) is 0.828.